The van der Waals surface area contributed by atoms with Gasteiger partial charge in [0.2, 0.25) is 0 Å². The third-order valence-electron chi connectivity index (χ3n) is 4.27. The Morgan fingerprint density at radius 2 is 1.96 bits per heavy atom. The van der Waals surface area contributed by atoms with Crippen LogP contribution in [0.5, 0.6) is 0 Å². The average molecular weight is 371 g/mol. The van der Waals surface area contributed by atoms with Crippen molar-refractivity contribution < 1.29 is 9.63 Å². The van der Waals surface area contributed by atoms with Gasteiger partial charge >= 0.3 is 0 Å². The Balaban J connectivity index is 2.37. The van der Waals surface area contributed by atoms with Crippen LogP contribution < -0.4 is 5.56 Å². The molecule has 6 heteroatoms. The van der Waals surface area contributed by atoms with Crippen LogP contribution in [0.4, 0.5) is 0 Å². The van der Waals surface area contributed by atoms with E-state index in [0.29, 0.717) is 33.2 Å². The van der Waals surface area contributed by atoms with Gasteiger partial charge in [0, 0.05) is 28.2 Å². The molecule has 6 nitrogen and oxygen atoms in total. The van der Waals surface area contributed by atoms with Crippen molar-refractivity contribution in [1.29, 1.82) is 5.26 Å². The van der Waals surface area contributed by atoms with Gasteiger partial charge in [-0.25, -0.2) is 0 Å². The summed E-state index contributed by atoms with van der Waals surface area (Å²) in [6.07, 6.45) is 1.44. The second-order valence-electron chi connectivity index (χ2n) is 6.09. The van der Waals surface area contributed by atoms with Gasteiger partial charge in [0.15, 0.2) is 11.5 Å². The molecule has 3 rings (SSSR count). The zero-order chi connectivity index (χ0) is 20.3. The number of oxime groups is 1. The molecule has 1 aromatic heterocycles. The van der Waals surface area contributed by atoms with Crippen LogP contribution in [0, 0.1) is 11.3 Å². The lowest BCUT2D eigenvalue weighted by atomic mass is 9.93. The highest BCUT2D eigenvalue weighted by Gasteiger charge is 2.19. The van der Waals surface area contributed by atoms with E-state index in [0.717, 1.165) is 0 Å². The molecule has 0 aliphatic heterocycles. The van der Waals surface area contributed by atoms with Gasteiger partial charge in [0.05, 0.1) is 17.2 Å². The van der Waals surface area contributed by atoms with E-state index in [-0.39, 0.29) is 22.7 Å². The minimum absolute atomic E-state index is 0.0562. The Kier molecular flexibility index (Phi) is 5.18. The van der Waals surface area contributed by atoms with E-state index in [1.165, 1.54) is 13.1 Å². The zero-order valence-electron chi connectivity index (χ0n) is 15.4. The predicted octanol–water partition coefficient (Wildman–Crippen LogP) is 4.26. The van der Waals surface area contributed by atoms with Crippen LogP contribution in [0.15, 0.2) is 59.0 Å². The molecule has 0 spiro atoms. The summed E-state index contributed by atoms with van der Waals surface area (Å²) in [6.45, 7) is 7.00. The molecule has 0 aliphatic rings. The van der Waals surface area contributed by atoms with E-state index in [4.69, 9.17) is 4.84 Å². The lowest BCUT2D eigenvalue weighted by Crippen LogP contribution is -2.14. The quantitative estimate of drug-likeness (QED) is 0.314. The number of pyridine rings is 1. The number of carbonyl (C=O) groups excluding carboxylic acids is 1. The minimum atomic E-state index is -0.390. The summed E-state index contributed by atoms with van der Waals surface area (Å²) in [5.41, 5.74) is 2.65. The van der Waals surface area contributed by atoms with Crippen molar-refractivity contribution in [2.75, 3.05) is 0 Å². The smallest absolute Gasteiger partial charge is 0.260 e. The molecule has 0 bridgehead atoms. The molecule has 0 saturated carbocycles. The maximum atomic E-state index is 12.8. The molecule has 0 radical (unpaired) electrons. The normalized spacial score (nSPS) is 10.8. The van der Waals surface area contributed by atoms with Crippen molar-refractivity contribution >= 4 is 28.7 Å². The molecule has 0 atom stereocenters. The van der Waals surface area contributed by atoms with E-state index in [2.05, 4.69) is 22.8 Å². The first kappa shape index (κ1) is 18.8. The van der Waals surface area contributed by atoms with Gasteiger partial charge in [-0.15, -0.1) is 0 Å². The number of nitriles is 1. The third kappa shape index (κ3) is 3.46. The van der Waals surface area contributed by atoms with Crippen molar-refractivity contribution in [3.05, 3.63) is 76.1 Å². The number of ketones is 1. The number of Topliss-reactive ketones (excluding diaryl/α,β-unsaturated/α-hetero) is 1. The van der Waals surface area contributed by atoms with Crippen molar-refractivity contribution in [3.8, 4) is 17.2 Å². The summed E-state index contributed by atoms with van der Waals surface area (Å²) in [4.78, 5) is 32.4. The number of aromatic nitrogens is 1. The van der Waals surface area contributed by atoms with Gasteiger partial charge in [0.1, 0.15) is 0 Å². The summed E-state index contributed by atoms with van der Waals surface area (Å²) in [5.74, 6) is 0.0218. The highest BCUT2D eigenvalue weighted by atomic mass is 16.6. The first-order valence-corrected chi connectivity index (χ1v) is 8.52. The number of rotatable bonds is 5. The molecule has 1 heterocycles. The number of nitrogens with one attached hydrogen (secondary N) is 1. The van der Waals surface area contributed by atoms with E-state index in [9.17, 15) is 14.9 Å². The number of hydrogen-bond donors (Lipinski definition) is 1. The fourth-order valence-corrected chi connectivity index (χ4v) is 2.96. The van der Waals surface area contributed by atoms with E-state index in [1.54, 1.807) is 49.4 Å². The monoisotopic (exact) mass is 371 g/mol. The van der Waals surface area contributed by atoms with Crippen LogP contribution in [0.2, 0.25) is 0 Å². The molecule has 138 valence electrons. The van der Waals surface area contributed by atoms with Gasteiger partial charge in [0.25, 0.3) is 5.56 Å². The number of nitrogens with zero attached hydrogens (tertiary/aromatic N) is 2. The van der Waals surface area contributed by atoms with Crippen LogP contribution >= 0.6 is 0 Å². The first-order valence-electron chi connectivity index (χ1n) is 8.52. The van der Waals surface area contributed by atoms with Crippen LogP contribution in [0.25, 0.3) is 27.8 Å². The molecule has 2 aromatic carbocycles. The maximum Gasteiger partial charge on any atom is 0.260 e. The zero-order valence-corrected chi connectivity index (χ0v) is 15.4. The molecule has 0 aliphatic carbocycles. The minimum Gasteiger partial charge on any atom is -0.357 e. The summed E-state index contributed by atoms with van der Waals surface area (Å²) < 4.78 is 0. The summed E-state index contributed by atoms with van der Waals surface area (Å²) in [6, 6.07) is 14.0. The Morgan fingerprint density at radius 3 is 2.57 bits per heavy atom. The van der Waals surface area contributed by atoms with Gasteiger partial charge in [-0.1, -0.05) is 36.0 Å². The molecule has 0 unspecified atom stereocenters. The lowest BCUT2D eigenvalue weighted by Gasteiger charge is -2.14. The Bertz CT molecular complexity index is 1210. The van der Waals surface area contributed by atoms with Gasteiger partial charge in [-0.3, -0.25) is 9.59 Å². The number of benzene rings is 2. The molecular weight excluding hydrogens is 354 g/mol. The fraction of sp³-hybridized carbons (Fsp3) is 0.0909. The van der Waals surface area contributed by atoms with Crippen LogP contribution in [-0.2, 0) is 4.84 Å². The van der Waals surface area contributed by atoms with Gasteiger partial charge in [-0.2, -0.15) is 5.26 Å². The van der Waals surface area contributed by atoms with E-state index >= 15 is 0 Å². The number of fused-ring (bicyclic) bond motifs is 1. The molecule has 1 N–H and O–H groups in total. The van der Waals surface area contributed by atoms with Crippen molar-refractivity contribution in [1.82, 2.24) is 4.98 Å². The number of carbonyl (C=O) groups is 1. The van der Waals surface area contributed by atoms with Crippen molar-refractivity contribution in [3.63, 3.8) is 0 Å². The number of aromatic amines is 1. The molecular formula is C22H17N3O3. The molecule has 0 saturated heterocycles. The fourth-order valence-electron chi connectivity index (χ4n) is 2.96. The van der Waals surface area contributed by atoms with Crippen molar-refractivity contribution in [2.45, 2.75) is 13.8 Å². The Morgan fingerprint density at radius 1 is 1.25 bits per heavy atom. The summed E-state index contributed by atoms with van der Waals surface area (Å²) >= 11 is 0. The Labute approximate surface area is 161 Å². The SMILES string of the molecule is C=C(O/N=C/C)c1c(-c2ccc(C(C)=O)cc2)c2cc(C#N)ccc2[nH]c1=O. The molecule has 28 heavy (non-hydrogen) atoms. The number of H-pyrrole nitrogens is 1. The summed E-state index contributed by atoms with van der Waals surface area (Å²) in [7, 11) is 0. The standard InChI is InChI=1S/C22H17N3O3/c1-4-24-28-14(3)20-21(17-8-6-16(7-9-17)13(2)26)18-11-15(12-23)5-10-19(18)25-22(20)27/h4-11H,3H2,1-2H3,(H,25,27)/b24-4+. The highest BCUT2D eigenvalue weighted by Crippen LogP contribution is 2.33. The van der Waals surface area contributed by atoms with Gasteiger partial charge < -0.3 is 9.82 Å². The number of hydrogen-bond acceptors (Lipinski definition) is 5. The van der Waals surface area contributed by atoms with E-state index in [1.807, 2.05) is 0 Å². The van der Waals surface area contributed by atoms with Crippen molar-refractivity contribution in [2.24, 2.45) is 5.16 Å². The molecule has 0 fully saturated rings. The predicted molar refractivity (Wildman–Crippen MR) is 109 cm³/mol. The first-order chi connectivity index (χ1) is 13.5. The molecule has 3 aromatic rings. The maximum absolute atomic E-state index is 12.8. The van der Waals surface area contributed by atoms with Crippen LogP contribution in [0.3, 0.4) is 0 Å². The summed E-state index contributed by atoms with van der Waals surface area (Å²) in [5, 5.41) is 13.6. The van der Waals surface area contributed by atoms with Gasteiger partial charge in [-0.05, 0) is 37.6 Å². The largest absolute Gasteiger partial charge is 0.357 e. The highest BCUT2D eigenvalue weighted by molar-refractivity contribution is 6.01. The van der Waals surface area contributed by atoms with E-state index < -0.39 is 0 Å². The topological polar surface area (TPSA) is 95.3 Å². The second-order valence-corrected chi connectivity index (χ2v) is 6.09. The third-order valence-corrected chi connectivity index (χ3v) is 4.27. The van der Waals surface area contributed by atoms with Crippen LogP contribution in [-0.4, -0.2) is 17.0 Å². The second kappa shape index (κ2) is 7.72. The molecule has 0 amide bonds. The Hall–Kier alpha value is -3.98. The lowest BCUT2D eigenvalue weighted by molar-refractivity contribution is 0.101. The average Bonchev–Trinajstić information content (AvgIpc) is 2.70. The van der Waals surface area contributed by atoms with Crippen LogP contribution in [0.1, 0.15) is 35.3 Å².